The number of thiol groups is 3. The first-order valence-corrected chi connectivity index (χ1v) is 10.8. The smallest absolute Gasteiger partial charge is 0.308 e. The molecule has 0 aliphatic carbocycles. The molecule has 9 nitrogen and oxygen atoms in total. The molecule has 0 aliphatic heterocycles. The zero-order valence-corrected chi connectivity index (χ0v) is 18.7. The van der Waals surface area contributed by atoms with Crippen molar-refractivity contribution < 1.29 is 43.2 Å². The van der Waals surface area contributed by atoms with Crippen LogP contribution < -0.4 is 0 Å². The van der Waals surface area contributed by atoms with E-state index in [-0.39, 0.29) is 69.4 Å². The highest BCUT2D eigenvalue weighted by Crippen LogP contribution is 2.22. The van der Waals surface area contributed by atoms with E-state index in [0.717, 1.165) is 0 Å². The largest absolute Gasteiger partial charge is 0.465 e. The van der Waals surface area contributed by atoms with Gasteiger partial charge in [-0.1, -0.05) is 0 Å². The van der Waals surface area contributed by atoms with Crippen LogP contribution in [-0.2, 0) is 38.1 Å². The molecule has 168 valence electrons. The van der Waals surface area contributed by atoms with E-state index < -0.39 is 35.9 Å². The van der Waals surface area contributed by atoms with Crippen LogP contribution >= 0.6 is 37.9 Å². The molecule has 0 aromatic carbocycles. The molecular formula is C17H28O9S3. The molecule has 12 heteroatoms. The van der Waals surface area contributed by atoms with Crippen LogP contribution in [0.3, 0.4) is 0 Å². The summed E-state index contributed by atoms with van der Waals surface area (Å²) < 4.78 is 20.7. The molecule has 0 aliphatic rings. The molecule has 0 amide bonds. The van der Waals surface area contributed by atoms with Crippen molar-refractivity contribution in [3.63, 3.8) is 0 Å². The number of hydrogen-bond donors (Lipinski definition) is 4. The van der Waals surface area contributed by atoms with Gasteiger partial charge < -0.3 is 24.1 Å². The number of aliphatic hydroxyl groups excluding tert-OH is 1. The Labute approximate surface area is 186 Å². The van der Waals surface area contributed by atoms with E-state index in [9.17, 15) is 19.2 Å². The van der Waals surface area contributed by atoms with Crippen LogP contribution in [0.15, 0.2) is 0 Å². The van der Waals surface area contributed by atoms with Gasteiger partial charge in [-0.15, -0.1) is 0 Å². The van der Waals surface area contributed by atoms with Crippen molar-refractivity contribution in [2.24, 2.45) is 5.41 Å². The summed E-state index contributed by atoms with van der Waals surface area (Å²) in [6, 6.07) is 0. The Balaban J connectivity index is 5.35. The van der Waals surface area contributed by atoms with E-state index in [1.165, 1.54) is 0 Å². The maximum atomic E-state index is 11.8. The quantitative estimate of drug-likeness (QED) is 0.144. The first-order valence-electron chi connectivity index (χ1n) is 8.88. The van der Waals surface area contributed by atoms with E-state index >= 15 is 0 Å². The maximum Gasteiger partial charge on any atom is 0.308 e. The third kappa shape index (κ3) is 13.7. The van der Waals surface area contributed by atoms with E-state index in [0.29, 0.717) is 0 Å². The van der Waals surface area contributed by atoms with Gasteiger partial charge in [-0.3, -0.25) is 19.2 Å². The van der Waals surface area contributed by atoms with E-state index in [4.69, 9.17) is 24.1 Å². The zero-order chi connectivity index (χ0) is 22.1. The second kappa shape index (κ2) is 16.7. The number of ether oxygens (including phenoxy) is 4. The normalized spacial score (nSPS) is 10.9. The van der Waals surface area contributed by atoms with Crippen LogP contribution in [0.4, 0.5) is 0 Å². The fourth-order valence-corrected chi connectivity index (χ4v) is 2.39. The van der Waals surface area contributed by atoms with Crippen LogP contribution in [0.1, 0.15) is 25.7 Å². The van der Waals surface area contributed by atoms with Gasteiger partial charge in [-0.25, -0.2) is 0 Å². The second-order valence-corrected chi connectivity index (χ2v) is 7.38. The average molecular weight is 473 g/mol. The van der Waals surface area contributed by atoms with Crippen molar-refractivity contribution in [1.29, 1.82) is 0 Å². The molecule has 0 bridgehead atoms. The fraction of sp³-hybridized carbons (Fsp3) is 0.765. The van der Waals surface area contributed by atoms with Crippen molar-refractivity contribution >= 4 is 61.8 Å². The number of carbonyl (C=O) groups excluding carboxylic acids is 4. The van der Waals surface area contributed by atoms with E-state index in [1.807, 2.05) is 0 Å². The molecule has 0 rings (SSSR count). The van der Waals surface area contributed by atoms with Crippen molar-refractivity contribution in [1.82, 2.24) is 0 Å². The van der Waals surface area contributed by atoms with Gasteiger partial charge in [0.1, 0.15) is 31.8 Å². The molecule has 0 fully saturated rings. The molecule has 0 saturated heterocycles. The highest BCUT2D eigenvalue weighted by atomic mass is 32.1. The number of rotatable bonds is 16. The Morgan fingerprint density at radius 1 is 0.586 bits per heavy atom. The molecule has 0 atom stereocenters. The number of hydrogen-bond acceptors (Lipinski definition) is 12. The predicted molar refractivity (Wildman–Crippen MR) is 113 cm³/mol. The Hall–Kier alpha value is -1.11. The summed E-state index contributed by atoms with van der Waals surface area (Å²) in [7, 11) is 0. The predicted octanol–water partition coefficient (Wildman–Crippen LogP) is 0.488. The molecule has 0 radical (unpaired) electrons. The minimum absolute atomic E-state index is 0.0440. The van der Waals surface area contributed by atoms with Crippen LogP contribution in [0.2, 0.25) is 0 Å². The zero-order valence-electron chi connectivity index (χ0n) is 16.0. The van der Waals surface area contributed by atoms with Gasteiger partial charge in [0.05, 0.1) is 32.3 Å². The summed E-state index contributed by atoms with van der Waals surface area (Å²) in [4.78, 5) is 47.0. The first kappa shape index (κ1) is 27.9. The van der Waals surface area contributed by atoms with Gasteiger partial charge in [0.25, 0.3) is 0 Å². The summed E-state index contributed by atoms with van der Waals surface area (Å²) in [5.41, 5.74) is -1.31. The van der Waals surface area contributed by atoms with Gasteiger partial charge in [0.15, 0.2) is 0 Å². The highest BCUT2D eigenvalue weighted by Gasteiger charge is 2.37. The average Bonchev–Trinajstić information content (AvgIpc) is 2.68. The molecule has 0 spiro atoms. The summed E-state index contributed by atoms with van der Waals surface area (Å²) >= 11 is 11.9. The fourth-order valence-electron chi connectivity index (χ4n) is 1.84. The van der Waals surface area contributed by atoms with E-state index in [1.54, 1.807) is 0 Å². The number of carbonyl (C=O) groups is 4. The van der Waals surface area contributed by atoms with Gasteiger partial charge in [0.2, 0.25) is 0 Å². The topological polar surface area (TPSA) is 125 Å². The lowest BCUT2D eigenvalue weighted by Gasteiger charge is -2.31. The van der Waals surface area contributed by atoms with Gasteiger partial charge >= 0.3 is 23.9 Å². The van der Waals surface area contributed by atoms with Gasteiger partial charge in [0, 0.05) is 17.3 Å². The first-order chi connectivity index (χ1) is 13.8. The van der Waals surface area contributed by atoms with Gasteiger partial charge in [-0.05, 0) is 0 Å². The lowest BCUT2D eigenvalue weighted by molar-refractivity contribution is -0.170. The van der Waals surface area contributed by atoms with Crippen LogP contribution in [0.25, 0.3) is 0 Å². The molecule has 0 aromatic rings. The van der Waals surface area contributed by atoms with Gasteiger partial charge in [-0.2, -0.15) is 37.9 Å². The Kier molecular flexibility index (Phi) is 16.0. The molecule has 1 N–H and O–H groups in total. The van der Waals surface area contributed by atoms with Crippen molar-refractivity contribution in [3.05, 3.63) is 0 Å². The van der Waals surface area contributed by atoms with Crippen LogP contribution in [0.5, 0.6) is 0 Å². The van der Waals surface area contributed by atoms with Crippen molar-refractivity contribution in [2.75, 3.05) is 50.3 Å². The Morgan fingerprint density at radius 2 is 0.862 bits per heavy atom. The molecule has 0 unspecified atom stereocenters. The third-order valence-corrected chi connectivity index (χ3v) is 4.09. The molecule has 29 heavy (non-hydrogen) atoms. The minimum atomic E-state index is -1.31. The summed E-state index contributed by atoms with van der Waals surface area (Å²) in [5.74, 6) is -1.58. The molecular weight excluding hydrogens is 444 g/mol. The molecule has 0 saturated carbocycles. The minimum Gasteiger partial charge on any atom is -0.465 e. The Bertz CT molecular complexity index is 435. The van der Waals surface area contributed by atoms with E-state index in [2.05, 4.69) is 37.9 Å². The number of aliphatic hydroxyl groups is 1. The summed E-state index contributed by atoms with van der Waals surface area (Å²) in [6.07, 6.45) is -0.110. The maximum absolute atomic E-state index is 11.8. The second-order valence-electron chi connectivity index (χ2n) is 6.04. The summed E-state index contributed by atoms with van der Waals surface area (Å²) in [6.45, 7) is -1.74. The monoisotopic (exact) mass is 472 g/mol. The lowest BCUT2D eigenvalue weighted by Crippen LogP contribution is -2.44. The lowest BCUT2D eigenvalue weighted by atomic mass is 9.92. The third-order valence-electron chi connectivity index (χ3n) is 3.42. The standard InChI is InChI=1S/C17H28O9S3/c18-5-1-13(19)23-9-17(10-24-14(20)2-6-27,11-25-15(21)3-7-28)12-26-16(22)4-8-29/h18,27-29H,1-12H2. The number of esters is 4. The Morgan fingerprint density at radius 3 is 1.10 bits per heavy atom. The van der Waals surface area contributed by atoms with Crippen LogP contribution in [-0.4, -0.2) is 79.3 Å². The summed E-state index contributed by atoms with van der Waals surface area (Å²) in [5, 5.41) is 8.84. The molecule has 0 aromatic heterocycles. The highest BCUT2D eigenvalue weighted by molar-refractivity contribution is 7.80. The SMILES string of the molecule is O=C(CCO)OCC(COC(=O)CCS)(COC(=O)CCS)COC(=O)CCS. The molecule has 0 heterocycles. The van der Waals surface area contributed by atoms with Crippen LogP contribution in [0, 0.1) is 5.41 Å². The van der Waals surface area contributed by atoms with Crippen molar-refractivity contribution in [2.45, 2.75) is 25.7 Å². The van der Waals surface area contributed by atoms with Crippen molar-refractivity contribution in [3.8, 4) is 0 Å².